The molecule has 3 heterocycles. The number of rotatable bonds is 15. The maximum absolute atomic E-state index is 10.6. The van der Waals surface area contributed by atoms with Gasteiger partial charge in [-0.15, -0.1) is 0 Å². The number of fused-ring (bicyclic) bond motifs is 2. The minimum absolute atomic E-state index is 0.0415. The van der Waals surface area contributed by atoms with E-state index in [4.69, 9.17) is 21.2 Å². The number of hydrogen-bond donors (Lipinski definition) is 9. The van der Waals surface area contributed by atoms with Crippen molar-refractivity contribution in [2.24, 2.45) is 49.0 Å². The first-order valence-electron chi connectivity index (χ1n) is 20.8. The standard InChI is InChI=1S/C44H59N9O5S/c1-26(36(46)52-39-50-32-9-5-6-10-33(32)59-39)29-8-7-14-53(37(29)47)34-12-11-30(35(51-34)38(56)57)31(16-45)27(2)49-25-42-20-40(3)22-43(23-41(4,21-42)44(40,43)24-42)58-15-13-48-17-28(18-54)19-55/h5-6,9-12,16,28,47-48,51,54-57H,7-8,13-15,17-25,45H2,1-4H3,(H2,46,50,52)/b29-26-,31-16+,47-37?,49-27?. The Labute approximate surface area is 349 Å². The fraction of sp³-hybridized carbons (Fsp3) is 0.545. The molecule has 2 bridgehead atoms. The van der Waals surface area contributed by atoms with Crippen LogP contribution in [0.1, 0.15) is 72.6 Å². The average Bonchev–Trinajstić information content (AvgIpc) is 3.81. The molecule has 0 radical (unpaired) electrons. The number of benzene rings is 1. The number of nitrogens with two attached hydrogens (primary N) is 2. The molecule has 0 amide bonds. The van der Waals surface area contributed by atoms with Crippen molar-refractivity contribution in [2.75, 3.05) is 46.0 Å². The summed E-state index contributed by atoms with van der Waals surface area (Å²) < 4.78 is 7.77. The summed E-state index contributed by atoms with van der Waals surface area (Å²) in [6.45, 7) is 11.6. The van der Waals surface area contributed by atoms with Crippen molar-refractivity contribution < 1.29 is 25.2 Å². The number of aromatic nitrogens is 1. The Kier molecular flexibility index (Phi) is 10.6. The highest BCUT2D eigenvalue weighted by Gasteiger charge is 2.93. The summed E-state index contributed by atoms with van der Waals surface area (Å²) in [5, 5.41) is 56.3. The van der Waals surface area contributed by atoms with Crippen LogP contribution in [-0.4, -0.2) is 99.3 Å². The highest BCUT2D eigenvalue weighted by Crippen LogP contribution is 2.95. The van der Waals surface area contributed by atoms with Crippen molar-refractivity contribution in [1.82, 2.24) is 20.5 Å². The molecule has 8 rings (SSSR count). The SMILES string of the molecule is CC(=NCC12CC3(C)CC4(OCCNCC(CO)CO)CC(C)(C1)C34C2)/C(=C\N)C1=CC=C(N2CCC/C(=C(C)/C(N)=N/c3nc4ccccc4s3)C2=N)NC1=C(O)O. The van der Waals surface area contributed by atoms with E-state index in [0.717, 1.165) is 54.3 Å². The molecule has 59 heavy (non-hydrogen) atoms. The molecule has 14 nitrogen and oxygen atoms in total. The minimum Gasteiger partial charge on any atom is -0.480 e. The molecule has 2 unspecified atom stereocenters. The van der Waals surface area contributed by atoms with Gasteiger partial charge in [-0.3, -0.25) is 10.4 Å². The van der Waals surface area contributed by atoms with Crippen molar-refractivity contribution in [3.8, 4) is 0 Å². The van der Waals surface area contributed by atoms with Crippen LogP contribution in [0.15, 0.2) is 92.4 Å². The third kappa shape index (κ3) is 6.51. The monoisotopic (exact) mass is 825 g/mol. The van der Waals surface area contributed by atoms with Gasteiger partial charge in [0.25, 0.3) is 5.95 Å². The van der Waals surface area contributed by atoms with Crippen LogP contribution in [0, 0.1) is 33.0 Å². The van der Waals surface area contributed by atoms with Gasteiger partial charge in [-0.25, -0.2) is 9.98 Å². The van der Waals surface area contributed by atoms with Gasteiger partial charge in [0.05, 0.1) is 22.4 Å². The van der Waals surface area contributed by atoms with Gasteiger partial charge in [0, 0.05) is 79.4 Å². The molecule has 2 atom stereocenters. The van der Waals surface area contributed by atoms with Gasteiger partial charge < -0.3 is 52.2 Å². The van der Waals surface area contributed by atoms with Crippen molar-refractivity contribution in [3.05, 3.63) is 82.4 Å². The van der Waals surface area contributed by atoms with Gasteiger partial charge in [0.1, 0.15) is 23.2 Å². The van der Waals surface area contributed by atoms with Gasteiger partial charge in [0.2, 0.25) is 5.13 Å². The third-order valence-corrected chi connectivity index (χ3v) is 15.5. The Morgan fingerprint density at radius 1 is 1.10 bits per heavy atom. The molecule has 2 aliphatic heterocycles. The molecule has 1 aromatic carbocycles. The van der Waals surface area contributed by atoms with Gasteiger partial charge in [0.15, 0.2) is 0 Å². The fourth-order valence-corrected chi connectivity index (χ4v) is 13.5. The smallest absolute Gasteiger partial charge is 0.299 e. The second-order valence-corrected chi connectivity index (χ2v) is 19.3. The number of hydrogen-bond acceptors (Lipinski definition) is 13. The van der Waals surface area contributed by atoms with Gasteiger partial charge in [-0.2, -0.15) is 0 Å². The lowest BCUT2D eigenvalue weighted by molar-refractivity contribution is -0.396. The number of aliphatic hydroxyl groups excluding tert-OH is 3. The number of allylic oxidation sites excluding steroid dienone is 3. The predicted octanol–water partition coefficient (Wildman–Crippen LogP) is 5.57. The number of piperidine rings is 1. The number of aliphatic imine (C=N–C) groups is 2. The summed E-state index contributed by atoms with van der Waals surface area (Å²) in [6.07, 6.45) is 11.9. The van der Waals surface area contributed by atoms with Crippen LogP contribution in [0.25, 0.3) is 10.2 Å². The molecular weight excluding hydrogens is 767 g/mol. The molecular formula is C44H59N9O5S. The zero-order valence-corrected chi connectivity index (χ0v) is 35.4. The van der Waals surface area contributed by atoms with Crippen LogP contribution >= 0.6 is 11.3 Å². The molecule has 5 fully saturated rings. The lowest BCUT2D eigenvalue weighted by Gasteiger charge is -2.82. The van der Waals surface area contributed by atoms with E-state index < -0.39 is 5.95 Å². The Bertz CT molecular complexity index is 2210. The minimum atomic E-state index is -0.886. The summed E-state index contributed by atoms with van der Waals surface area (Å²) in [4.78, 5) is 16.2. The Morgan fingerprint density at radius 3 is 2.51 bits per heavy atom. The van der Waals surface area contributed by atoms with E-state index in [1.54, 1.807) is 6.08 Å². The van der Waals surface area contributed by atoms with E-state index in [1.807, 2.05) is 49.1 Å². The number of ether oxygens (including phenoxy) is 1. The molecule has 1 aromatic heterocycles. The van der Waals surface area contributed by atoms with E-state index in [0.29, 0.717) is 78.4 Å². The first-order valence-corrected chi connectivity index (χ1v) is 21.6. The normalized spacial score (nSPS) is 32.5. The maximum atomic E-state index is 10.6. The predicted molar refractivity (Wildman–Crippen MR) is 232 cm³/mol. The first kappa shape index (κ1) is 41.2. The lowest BCUT2D eigenvalue weighted by atomic mass is 9.25. The van der Waals surface area contributed by atoms with Crippen LogP contribution in [0.5, 0.6) is 0 Å². The summed E-state index contributed by atoms with van der Waals surface area (Å²) in [5.41, 5.74) is 17.4. The highest BCUT2D eigenvalue weighted by atomic mass is 32.1. The van der Waals surface area contributed by atoms with Crippen molar-refractivity contribution in [1.29, 1.82) is 5.41 Å². The van der Waals surface area contributed by atoms with Crippen molar-refractivity contribution in [3.63, 3.8) is 0 Å². The molecule has 15 heteroatoms. The lowest BCUT2D eigenvalue weighted by Crippen LogP contribution is -2.82. The van der Waals surface area contributed by atoms with Gasteiger partial charge in [-0.05, 0) is 105 Å². The number of nitrogens with one attached hydrogen (secondary N) is 3. The number of nitrogens with zero attached hydrogens (tertiary/aromatic N) is 4. The molecule has 6 aliphatic rings. The molecule has 1 spiro atoms. The van der Waals surface area contributed by atoms with E-state index in [9.17, 15) is 25.8 Å². The summed E-state index contributed by atoms with van der Waals surface area (Å²) >= 11 is 1.46. The molecule has 316 valence electrons. The third-order valence-electron chi connectivity index (χ3n) is 14.6. The quantitative estimate of drug-likeness (QED) is 0.0467. The molecule has 1 saturated heterocycles. The molecule has 4 aliphatic carbocycles. The van der Waals surface area contributed by atoms with E-state index in [-0.39, 0.29) is 57.9 Å². The van der Waals surface area contributed by atoms with Crippen LogP contribution in [0.4, 0.5) is 5.13 Å². The molecule has 2 aromatic rings. The highest BCUT2D eigenvalue weighted by molar-refractivity contribution is 7.22. The Hall–Kier alpha value is -4.54. The van der Waals surface area contributed by atoms with E-state index >= 15 is 0 Å². The number of para-hydroxylation sites is 1. The Morgan fingerprint density at radius 2 is 1.83 bits per heavy atom. The zero-order valence-electron chi connectivity index (χ0n) is 34.6. The number of aliphatic hydroxyl groups is 4. The molecule has 11 N–H and O–H groups in total. The number of thiazole rings is 1. The molecule has 4 saturated carbocycles. The topological polar surface area (TPSA) is 231 Å². The summed E-state index contributed by atoms with van der Waals surface area (Å²) in [7, 11) is 0. The largest absolute Gasteiger partial charge is 0.480 e. The Balaban J connectivity index is 0.965. The number of dihydropyridines is 1. The fourth-order valence-electron chi connectivity index (χ4n) is 12.6. The van der Waals surface area contributed by atoms with Crippen LogP contribution in [0.2, 0.25) is 0 Å². The second-order valence-electron chi connectivity index (χ2n) is 18.3. The van der Waals surface area contributed by atoms with Crippen molar-refractivity contribution in [2.45, 2.75) is 78.2 Å². The van der Waals surface area contributed by atoms with E-state index in [1.165, 1.54) is 17.5 Å². The van der Waals surface area contributed by atoms with Gasteiger partial charge in [-0.1, -0.05) is 37.3 Å². The maximum Gasteiger partial charge on any atom is 0.299 e. The number of amidine groups is 2. The average molecular weight is 826 g/mol. The van der Waals surface area contributed by atoms with Crippen LogP contribution in [-0.2, 0) is 4.74 Å². The van der Waals surface area contributed by atoms with Gasteiger partial charge >= 0.3 is 0 Å². The van der Waals surface area contributed by atoms with Crippen molar-refractivity contribution >= 4 is 44.1 Å². The number of likely N-dealkylation sites (tertiary alicyclic amines) is 1. The first-order chi connectivity index (χ1) is 28.2. The van der Waals surface area contributed by atoms with Crippen LogP contribution < -0.4 is 22.1 Å². The second kappa shape index (κ2) is 15.2. The van der Waals surface area contributed by atoms with E-state index in [2.05, 4.69) is 34.5 Å². The zero-order chi connectivity index (χ0) is 42.0. The summed E-state index contributed by atoms with van der Waals surface area (Å²) in [6, 6.07) is 7.84. The van der Waals surface area contributed by atoms with Crippen LogP contribution in [0.3, 0.4) is 0 Å². The summed E-state index contributed by atoms with van der Waals surface area (Å²) in [5.74, 6) is 0.0421.